The zero-order valence-electron chi connectivity index (χ0n) is 10.2. The first-order valence-electron chi connectivity index (χ1n) is 5.02. The van der Waals surface area contributed by atoms with Crippen LogP contribution < -0.4 is 10.0 Å². The van der Waals surface area contributed by atoms with Gasteiger partial charge in [-0.1, -0.05) is 11.3 Å². The lowest BCUT2D eigenvalue weighted by molar-refractivity contribution is -0.140. The average molecular weight is 308 g/mol. The number of carbonyl (C=O) groups excluding carboxylic acids is 2. The van der Waals surface area contributed by atoms with E-state index in [0.717, 1.165) is 0 Å². The van der Waals surface area contributed by atoms with Crippen LogP contribution in [-0.4, -0.2) is 44.1 Å². The molecule has 11 heteroatoms. The number of hydrogen-bond acceptors (Lipinski definition) is 8. The van der Waals surface area contributed by atoms with Gasteiger partial charge in [0.2, 0.25) is 15.4 Å². The maximum absolute atomic E-state index is 11.7. The molecule has 0 aliphatic rings. The highest BCUT2D eigenvalue weighted by molar-refractivity contribution is 7.91. The Balaban J connectivity index is 2.64. The maximum Gasteiger partial charge on any atom is 0.306 e. The van der Waals surface area contributed by atoms with Crippen LogP contribution in [-0.2, 0) is 24.3 Å². The van der Waals surface area contributed by atoms with Crippen molar-refractivity contribution in [3.05, 3.63) is 0 Å². The Labute approximate surface area is 113 Å². The Kier molecular flexibility index (Phi) is 5.32. The van der Waals surface area contributed by atoms with Crippen LogP contribution in [0.1, 0.15) is 13.3 Å². The zero-order chi connectivity index (χ0) is 14.5. The minimum atomic E-state index is -3.84. The molecule has 1 heterocycles. The van der Waals surface area contributed by atoms with E-state index in [1.165, 1.54) is 14.0 Å². The van der Waals surface area contributed by atoms with Crippen molar-refractivity contribution in [1.82, 2.24) is 14.9 Å². The largest absolute Gasteiger partial charge is 0.469 e. The molecule has 19 heavy (non-hydrogen) atoms. The molecule has 0 fully saturated rings. The van der Waals surface area contributed by atoms with E-state index in [1.807, 2.05) is 0 Å². The van der Waals surface area contributed by atoms with Gasteiger partial charge in [0.05, 0.1) is 13.5 Å². The molecule has 2 N–H and O–H groups in total. The molecule has 1 rings (SSSR count). The lowest BCUT2D eigenvalue weighted by Crippen LogP contribution is -2.26. The van der Waals surface area contributed by atoms with Gasteiger partial charge in [-0.25, -0.2) is 13.1 Å². The van der Waals surface area contributed by atoms with Gasteiger partial charge in [0.15, 0.2) is 0 Å². The number of amides is 1. The van der Waals surface area contributed by atoms with Crippen molar-refractivity contribution in [3.8, 4) is 0 Å². The standard InChI is InChI=1S/C8H12N4O5S2/c1-5(13)10-7-11-12-8(18-7)19(15,16)9-4-3-6(14)17-2/h9H,3-4H2,1-2H3,(H,10,11,13). The van der Waals surface area contributed by atoms with Crippen molar-refractivity contribution in [2.75, 3.05) is 19.0 Å². The molecule has 1 aromatic heterocycles. The molecule has 1 amide bonds. The summed E-state index contributed by atoms with van der Waals surface area (Å²) in [6, 6.07) is 0. The number of sulfonamides is 1. The molecule has 0 bridgehead atoms. The molecular weight excluding hydrogens is 296 g/mol. The molecule has 0 aliphatic carbocycles. The highest BCUT2D eigenvalue weighted by atomic mass is 32.2. The maximum atomic E-state index is 11.7. The average Bonchev–Trinajstić information content (AvgIpc) is 2.76. The Hall–Kier alpha value is -1.59. The molecule has 9 nitrogen and oxygen atoms in total. The Bertz CT molecular complexity index is 567. The molecule has 0 radical (unpaired) electrons. The van der Waals surface area contributed by atoms with E-state index in [9.17, 15) is 18.0 Å². The topological polar surface area (TPSA) is 127 Å². The van der Waals surface area contributed by atoms with E-state index < -0.39 is 16.0 Å². The molecule has 0 saturated carbocycles. The molecule has 0 saturated heterocycles. The van der Waals surface area contributed by atoms with Gasteiger partial charge in [0, 0.05) is 13.5 Å². The zero-order valence-corrected chi connectivity index (χ0v) is 11.8. The van der Waals surface area contributed by atoms with Crippen molar-refractivity contribution in [2.24, 2.45) is 0 Å². The van der Waals surface area contributed by atoms with Crippen molar-refractivity contribution in [1.29, 1.82) is 0 Å². The first-order chi connectivity index (χ1) is 8.85. The number of nitrogens with zero attached hydrogens (tertiary/aromatic N) is 2. The molecule has 106 valence electrons. The molecule has 0 spiro atoms. The number of nitrogens with one attached hydrogen (secondary N) is 2. The van der Waals surface area contributed by atoms with E-state index >= 15 is 0 Å². The smallest absolute Gasteiger partial charge is 0.306 e. The van der Waals surface area contributed by atoms with E-state index in [1.54, 1.807) is 0 Å². The van der Waals surface area contributed by atoms with Gasteiger partial charge in [-0.15, -0.1) is 10.2 Å². The first-order valence-corrected chi connectivity index (χ1v) is 7.32. The Morgan fingerprint density at radius 2 is 2.05 bits per heavy atom. The van der Waals surface area contributed by atoms with Crippen molar-refractivity contribution in [2.45, 2.75) is 17.7 Å². The van der Waals surface area contributed by atoms with E-state index in [4.69, 9.17) is 0 Å². The number of methoxy groups -OCH3 is 1. The van der Waals surface area contributed by atoms with Gasteiger partial charge >= 0.3 is 5.97 Å². The Morgan fingerprint density at radius 1 is 1.37 bits per heavy atom. The van der Waals surface area contributed by atoms with Crippen molar-refractivity contribution >= 4 is 38.4 Å². The number of aromatic nitrogens is 2. The normalized spacial score (nSPS) is 11.1. The summed E-state index contributed by atoms with van der Waals surface area (Å²) in [5.74, 6) is -0.905. The Morgan fingerprint density at radius 3 is 2.63 bits per heavy atom. The molecule has 0 aromatic carbocycles. The summed E-state index contributed by atoms with van der Waals surface area (Å²) in [7, 11) is -2.63. The molecule has 0 atom stereocenters. The fourth-order valence-corrected chi connectivity index (χ4v) is 2.99. The second-order valence-electron chi connectivity index (χ2n) is 3.28. The lowest BCUT2D eigenvalue weighted by Gasteiger charge is -2.01. The van der Waals surface area contributed by atoms with Crippen LogP contribution in [0.4, 0.5) is 5.13 Å². The highest BCUT2D eigenvalue weighted by Crippen LogP contribution is 2.19. The summed E-state index contributed by atoms with van der Waals surface area (Å²) in [6.07, 6.45) is -0.0902. The second kappa shape index (κ2) is 6.54. The third kappa shape index (κ3) is 4.89. The third-order valence-corrected chi connectivity index (χ3v) is 4.44. The lowest BCUT2D eigenvalue weighted by atomic mass is 10.4. The monoisotopic (exact) mass is 308 g/mol. The number of anilines is 1. The van der Waals surface area contributed by atoms with Crippen LogP contribution in [0, 0.1) is 0 Å². The summed E-state index contributed by atoms with van der Waals surface area (Å²) < 4.78 is 29.7. The van der Waals surface area contributed by atoms with Crippen molar-refractivity contribution < 1.29 is 22.7 Å². The van der Waals surface area contributed by atoms with Gasteiger partial charge in [0.25, 0.3) is 10.0 Å². The van der Waals surface area contributed by atoms with Crippen LogP contribution in [0.5, 0.6) is 0 Å². The van der Waals surface area contributed by atoms with Gasteiger partial charge in [-0.3, -0.25) is 9.59 Å². The van der Waals surface area contributed by atoms with E-state index in [2.05, 4.69) is 25.0 Å². The second-order valence-corrected chi connectivity index (χ2v) is 6.20. The van der Waals surface area contributed by atoms with Crippen LogP contribution >= 0.6 is 11.3 Å². The molecule has 1 aromatic rings. The highest BCUT2D eigenvalue weighted by Gasteiger charge is 2.20. The summed E-state index contributed by atoms with van der Waals surface area (Å²) in [5.41, 5.74) is 0. The molecular formula is C8H12N4O5S2. The summed E-state index contributed by atoms with van der Waals surface area (Å²) in [4.78, 5) is 21.6. The fraction of sp³-hybridized carbons (Fsp3) is 0.500. The number of carbonyl (C=O) groups is 2. The quantitative estimate of drug-likeness (QED) is 0.527. The van der Waals surface area contributed by atoms with Crippen LogP contribution in [0.2, 0.25) is 0 Å². The van der Waals surface area contributed by atoms with E-state index in [0.29, 0.717) is 11.3 Å². The van der Waals surface area contributed by atoms with Gasteiger partial charge in [-0.05, 0) is 0 Å². The van der Waals surface area contributed by atoms with Gasteiger partial charge in [-0.2, -0.15) is 0 Å². The predicted molar refractivity (Wildman–Crippen MR) is 66.0 cm³/mol. The first kappa shape index (κ1) is 15.5. The number of ether oxygens (including phenoxy) is 1. The summed E-state index contributed by atoms with van der Waals surface area (Å²) >= 11 is 0.712. The predicted octanol–water partition coefficient (Wildman–Crippen LogP) is -0.662. The summed E-state index contributed by atoms with van der Waals surface area (Å²) in [5, 5.41) is 9.36. The van der Waals surface area contributed by atoms with Crippen LogP contribution in [0.25, 0.3) is 0 Å². The van der Waals surface area contributed by atoms with Crippen LogP contribution in [0.3, 0.4) is 0 Å². The minimum Gasteiger partial charge on any atom is -0.469 e. The molecule has 0 aliphatic heterocycles. The SMILES string of the molecule is COC(=O)CCNS(=O)(=O)c1nnc(NC(C)=O)s1. The van der Waals surface area contributed by atoms with Gasteiger partial charge < -0.3 is 10.1 Å². The summed E-state index contributed by atoms with van der Waals surface area (Å²) in [6.45, 7) is 1.16. The molecule has 0 unspecified atom stereocenters. The number of rotatable bonds is 6. The van der Waals surface area contributed by atoms with E-state index in [-0.39, 0.29) is 28.3 Å². The van der Waals surface area contributed by atoms with Gasteiger partial charge in [0.1, 0.15) is 0 Å². The minimum absolute atomic E-state index is 0.0841. The van der Waals surface area contributed by atoms with Crippen LogP contribution in [0.15, 0.2) is 4.34 Å². The number of esters is 1. The number of hydrogen-bond donors (Lipinski definition) is 2. The third-order valence-electron chi connectivity index (χ3n) is 1.77. The fourth-order valence-electron chi connectivity index (χ4n) is 0.971. The van der Waals surface area contributed by atoms with Crippen molar-refractivity contribution in [3.63, 3.8) is 0 Å².